The molecule has 3 nitrogen and oxygen atoms in total. The fraction of sp³-hybridized carbons (Fsp3) is 0.158. The van der Waals surface area contributed by atoms with Crippen molar-refractivity contribution in [3.63, 3.8) is 0 Å². The molecule has 6 heteroatoms. The van der Waals surface area contributed by atoms with Crippen molar-refractivity contribution >= 4 is 34.7 Å². The minimum atomic E-state index is -0.373. The molecule has 0 aliphatic heterocycles. The van der Waals surface area contributed by atoms with Crippen LogP contribution < -0.4 is 5.32 Å². The third-order valence-corrected chi connectivity index (χ3v) is 5.55. The maximum absolute atomic E-state index is 13.4. The number of nitrogens with zero attached hydrogens (tertiary/aromatic N) is 1. The average molecular weight is 372 g/mol. The van der Waals surface area contributed by atoms with Crippen LogP contribution in [0.4, 0.5) is 10.1 Å². The third kappa shape index (κ3) is 4.46. The zero-order valence-corrected chi connectivity index (χ0v) is 15.5. The summed E-state index contributed by atoms with van der Waals surface area (Å²) in [6.45, 7) is 3.81. The minimum Gasteiger partial charge on any atom is -0.322 e. The van der Waals surface area contributed by atoms with E-state index in [0.717, 1.165) is 21.2 Å². The Morgan fingerprint density at radius 2 is 2.04 bits per heavy atom. The summed E-state index contributed by atoms with van der Waals surface area (Å²) in [6.07, 6.45) is 0. The Hall–Kier alpha value is -2.18. The van der Waals surface area contributed by atoms with Crippen LogP contribution in [-0.4, -0.2) is 10.9 Å². The molecule has 1 heterocycles. The largest absolute Gasteiger partial charge is 0.322 e. The van der Waals surface area contributed by atoms with Gasteiger partial charge in [0.1, 0.15) is 5.82 Å². The van der Waals surface area contributed by atoms with Crippen LogP contribution >= 0.6 is 23.1 Å². The van der Waals surface area contributed by atoms with Crippen LogP contribution in [-0.2, 0) is 5.75 Å². The molecule has 25 heavy (non-hydrogen) atoms. The van der Waals surface area contributed by atoms with Gasteiger partial charge in [0.05, 0.1) is 16.3 Å². The number of carbonyl (C=O) groups is 1. The first kappa shape index (κ1) is 17.6. The van der Waals surface area contributed by atoms with Crippen molar-refractivity contribution in [3.8, 4) is 0 Å². The second-order valence-corrected chi connectivity index (χ2v) is 7.64. The van der Waals surface area contributed by atoms with Gasteiger partial charge in [-0.3, -0.25) is 4.79 Å². The fourth-order valence-electron chi connectivity index (χ4n) is 2.32. The lowest BCUT2D eigenvalue weighted by atomic mass is 10.1. The number of benzene rings is 2. The number of thioether (sulfide) groups is 1. The molecular weight excluding hydrogens is 355 g/mol. The first-order valence-corrected chi connectivity index (χ1v) is 9.60. The highest BCUT2D eigenvalue weighted by Crippen LogP contribution is 2.28. The van der Waals surface area contributed by atoms with E-state index in [-0.39, 0.29) is 11.7 Å². The molecule has 0 saturated heterocycles. The SMILES string of the molecule is Cc1nc(CSc2ccccc2C(=O)Nc2cc(F)ccc2C)cs1. The van der Waals surface area contributed by atoms with E-state index in [4.69, 9.17) is 0 Å². The normalized spacial score (nSPS) is 10.7. The summed E-state index contributed by atoms with van der Waals surface area (Å²) < 4.78 is 13.4. The maximum Gasteiger partial charge on any atom is 0.256 e. The number of hydrogen-bond acceptors (Lipinski definition) is 4. The lowest BCUT2D eigenvalue weighted by Crippen LogP contribution is -2.14. The zero-order valence-electron chi connectivity index (χ0n) is 13.9. The monoisotopic (exact) mass is 372 g/mol. The van der Waals surface area contributed by atoms with Crippen LogP contribution in [0.5, 0.6) is 0 Å². The molecule has 0 bridgehead atoms. The molecule has 0 aliphatic rings. The van der Waals surface area contributed by atoms with Crippen molar-refractivity contribution in [2.75, 3.05) is 5.32 Å². The third-order valence-electron chi connectivity index (χ3n) is 3.62. The van der Waals surface area contributed by atoms with Gasteiger partial charge in [-0.05, 0) is 43.7 Å². The lowest BCUT2D eigenvalue weighted by Gasteiger charge is -2.11. The number of carbonyl (C=O) groups excluding carboxylic acids is 1. The van der Waals surface area contributed by atoms with Crippen LogP contribution in [0.1, 0.15) is 26.6 Å². The van der Waals surface area contributed by atoms with Gasteiger partial charge in [0.15, 0.2) is 0 Å². The quantitative estimate of drug-likeness (QED) is 0.606. The molecule has 0 aliphatic carbocycles. The predicted molar refractivity (Wildman–Crippen MR) is 102 cm³/mol. The summed E-state index contributed by atoms with van der Waals surface area (Å²) in [7, 11) is 0. The van der Waals surface area contributed by atoms with Crippen molar-refractivity contribution in [1.82, 2.24) is 4.98 Å². The number of anilines is 1. The Morgan fingerprint density at radius 1 is 1.24 bits per heavy atom. The number of halogens is 1. The molecule has 0 fully saturated rings. The Balaban J connectivity index is 1.77. The highest BCUT2D eigenvalue weighted by Gasteiger charge is 2.13. The lowest BCUT2D eigenvalue weighted by molar-refractivity contribution is 0.102. The zero-order chi connectivity index (χ0) is 17.8. The molecule has 0 radical (unpaired) electrons. The minimum absolute atomic E-state index is 0.244. The first-order valence-electron chi connectivity index (χ1n) is 7.73. The maximum atomic E-state index is 13.4. The number of aromatic nitrogens is 1. The number of amides is 1. The number of aryl methyl sites for hydroxylation is 2. The smallest absolute Gasteiger partial charge is 0.256 e. The fourth-order valence-corrected chi connectivity index (χ4v) is 3.99. The van der Waals surface area contributed by atoms with Crippen LogP contribution in [0.25, 0.3) is 0 Å². The number of nitrogens with one attached hydrogen (secondary N) is 1. The van der Waals surface area contributed by atoms with E-state index in [1.807, 2.05) is 37.4 Å². The average Bonchev–Trinajstić information content (AvgIpc) is 3.02. The molecule has 1 amide bonds. The van der Waals surface area contributed by atoms with E-state index in [9.17, 15) is 9.18 Å². The Bertz CT molecular complexity index is 908. The second kappa shape index (κ2) is 7.80. The van der Waals surface area contributed by atoms with Crippen molar-refractivity contribution in [2.45, 2.75) is 24.5 Å². The summed E-state index contributed by atoms with van der Waals surface area (Å²) >= 11 is 3.18. The standard InChI is InChI=1S/C19H17FN2OS2/c1-12-7-8-14(20)9-17(12)22-19(23)16-5-3-4-6-18(16)25-11-15-10-24-13(2)21-15/h3-10H,11H2,1-2H3,(H,22,23). The van der Waals surface area contributed by atoms with Gasteiger partial charge >= 0.3 is 0 Å². The van der Waals surface area contributed by atoms with Crippen molar-refractivity contribution < 1.29 is 9.18 Å². The Morgan fingerprint density at radius 3 is 2.80 bits per heavy atom. The van der Waals surface area contributed by atoms with Gasteiger partial charge in [-0.25, -0.2) is 9.37 Å². The summed E-state index contributed by atoms with van der Waals surface area (Å²) in [5, 5.41) is 5.86. The van der Waals surface area contributed by atoms with Crippen molar-refractivity contribution in [1.29, 1.82) is 0 Å². The Labute approximate surface area is 154 Å². The van der Waals surface area contributed by atoms with E-state index in [1.165, 1.54) is 12.1 Å². The summed E-state index contributed by atoms with van der Waals surface area (Å²) in [5.41, 5.74) is 2.88. The van der Waals surface area contributed by atoms with Gasteiger partial charge < -0.3 is 5.32 Å². The molecule has 128 valence electrons. The second-order valence-electron chi connectivity index (χ2n) is 5.56. The van der Waals surface area contributed by atoms with Gasteiger partial charge in [0.25, 0.3) is 5.91 Å². The first-order chi connectivity index (χ1) is 12.0. The van der Waals surface area contributed by atoms with Crippen molar-refractivity contribution in [3.05, 3.63) is 75.5 Å². The van der Waals surface area contributed by atoms with Gasteiger partial charge in [-0.1, -0.05) is 18.2 Å². The predicted octanol–water partition coefficient (Wildman–Crippen LogP) is 5.44. The van der Waals surface area contributed by atoms with Crippen LogP contribution in [0.3, 0.4) is 0 Å². The number of rotatable bonds is 5. The molecule has 1 aromatic heterocycles. The highest BCUT2D eigenvalue weighted by molar-refractivity contribution is 7.98. The molecule has 3 rings (SSSR count). The molecule has 0 saturated carbocycles. The molecule has 0 unspecified atom stereocenters. The van der Waals surface area contributed by atoms with E-state index in [0.29, 0.717) is 17.0 Å². The number of thiazole rings is 1. The van der Waals surface area contributed by atoms with Gasteiger partial charge in [0.2, 0.25) is 0 Å². The molecule has 0 spiro atoms. The Kier molecular flexibility index (Phi) is 5.50. The highest BCUT2D eigenvalue weighted by atomic mass is 32.2. The van der Waals surface area contributed by atoms with Gasteiger partial charge in [-0.15, -0.1) is 23.1 Å². The topological polar surface area (TPSA) is 42.0 Å². The summed E-state index contributed by atoms with van der Waals surface area (Å²) in [6, 6.07) is 11.8. The van der Waals surface area contributed by atoms with E-state index in [1.54, 1.807) is 35.2 Å². The van der Waals surface area contributed by atoms with Crippen LogP contribution in [0, 0.1) is 19.7 Å². The van der Waals surface area contributed by atoms with E-state index >= 15 is 0 Å². The van der Waals surface area contributed by atoms with Gasteiger partial charge in [-0.2, -0.15) is 0 Å². The van der Waals surface area contributed by atoms with Gasteiger partial charge in [0, 0.05) is 21.7 Å². The van der Waals surface area contributed by atoms with Crippen LogP contribution in [0.2, 0.25) is 0 Å². The molecule has 1 N–H and O–H groups in total. The van der Waals surface area contributed by atoms with Crippen LogP contribution in [0.15, 0.2) is 52.7 Å². The van der Waals surface area contributed by atoms with Crippen molar-refractivity contribution in [2.24, 2.45) is 0 Å². The molecule has 3 aromatic rings. The number of hydrogen-bond donors (Lipinski definition) is 1. The van der Waals surface area contributed by atoms with E-state index in [2.05, 4.69) is 10.3 Å². The summed E-state index contributed by atoms with van der Waals surface area (Å²) in [4.78, 5) is 18.0. The molecule has 0 atom stereocenters. The summed E-state index contributed by atoms with van der Waals surface area (Å²) in [5.74, 6) is 0.0851. The molecule has 2 aromatic carbocycles. The molecular formula is C19H17FN2OS2. The van der Waals surface area contributed by atoms with E-state index < -0.39 is 0 Å².